The maximum Gasteiger partial charge on any atom is 0.326 e. The van der Waals surface area contributed by atoms with Crippen LogP contribution in [0.3, 0.4) is 0 Å². The highest BCUT2D eigenvalue weighted by Gasteiger charge is 2.32. The third-order valence-corrected chi connectivity index (χ3v) is 6.30. The second-order valence-corrected chi connectivity index (χ2v) is 8.86. The van der Waals surface area contributed by atoms with Crippen molar-refractivity contribution < 1.29 is 19.8 Å². The Bertz CT molecular complexity index is 1230. The Balaban J connectivity index is 1.58. The van der Waals surface area contributed by atoms with Crippen LogP contribution in [0, 0.1) is 11.3 Å². The number of amidine groups is 1. The predicted molar refractivity (Wildman–Crippen MR) is 124 cm³/mol. The molecule has 9 heteroatoms. The summed E-state index contributed by atoms with van der Waals surface area (Å²) < 4.78 is 0.964. The molecule has 1 aliphatic rings. The van der Waals surface area contributed by atoms with Crippen molar-refractivity contribution in [2.75, 3.05) is 11.4 Å². The number of hydrogen-bond acceptors (Lipinski definition) is 6. The fraction of sp³-hybridized carbons (Fsp3) is 0.217. The Morgan fingerprint density at radius 3 is 2.62 bits per heavy atom. The van der Waals surface area contributed by atoms with Crippen molar-refractivity contribution >= 4 is 50.5 Å². The smallest absolute Gasteiger partial charge is 0.326 e. The van der Waals surface area contributed by atoms with Gasteiger partial charge in [0.1, 0.15) is 22.6 Å². The van der Waals surface area contributed by atoms with Gasteiger partial charge in [-0.1, -0.05) is 32.0 Å². The van der Waals surface area contributed by atoms with E-state index in [4.69, 9.17) is 5.41 Å². The van der Waals surface area contributed by atoms with Gasteiger partial charge in [0, 0.05) is 11.3 Å². The molecule has 0 spiro atoms. The molecule has 164 valence electrons. The molecule has 2 heterocycles. The molecule has 1 aliphatic heterocycles. The lowest BCUT2D eigenvalue weighted by atomic mass is 10.0. The molecule has 1 aromatic heterocycles. The van der Waals surface area contributed by atoms with Crippen molar-refractivity contribution in [3.63, 3.8) is 0 Å². The Morgan fingerprint density at radius 2 is 1.94 bits per heavy atom. The molecule has 0 bridgehead atoms. The first-order valence-corrected chi connectivity index (χ1v) is 10.9. The van der Waals surface area contributed by atoms with Gasteiger partial charge in [0.15, 0.2) is 0 Å². The lowest BCUT2D eigenvalue weighted by Crippen LogP contribution is -2.44. The van der Waals surface area contributed by atoms with Gasteiger partial charge >= 0.3 is 5.97 Å². The largest absolute Gasteiger partial charge is 0.510 e. The number of fused-ring (bicyclic) bond motifs is 1. The maximum absolute atomic E-state index is 12.6. The van der Waals surface area contributed by atoms with Crippen molar-refractivity contribution in [1.29, 1.82) is 5.41 Å². The number of para-hydroxylation sites is 1. The number of nitrogens with one attached hydrogen (secondary N) is 2. The summed E-state index contributed by atoms with van der Waals surface area (Å²) in [5.74, 6) is -1.76. The Kier molecular flexibility index (Phi) is 5.67. The number of thiazole rings is 1. The first-order valence-electron chi connectivity index (χ1n) is 10.0. The molecule has 0 saturated carbocycles. The van der Waals surface area contributed by atoms with E-state index in [1.807, 2.05) is 24.3 Å². The van der Waals surface area contributed by atoms with Crippen molar-refractivity contribution in [2.45, 2.75) is 19.9 Å². The number of aliphatic hydroxyl groups is 1. The van der Waals surface area contributed by atoms with Gasteiger partial charge in [0.2, 0.25) is 0 Å². The number of anilines is 1. The van der Waals surface area contributed by atoms with Crippen LogP contribution in [-0.4, -0.2) is 45.5 Å². The molecular weight excluding hydrogens is 428 g/mol. The summed E-state index contributed by atoms with van der Waals surface area (Å²) in [6.45, 7) is 3.52. The number of aliphatic hydroxyl groups excluding tert-OH is 1. The van der Waals surface area contributed by atoms with E-state index in [-0.39, 0.29) is 29.6 Å². The van der Waals surface area contributed by atoms with Gasteiger partial charge in [-0.05, 0) is 36.2 Å². The predicted octanol–water partition coefficient (Wildman–Crippen LogP) is 3.90. The van der Waals surface area contributed by atoms with E-state index in [1.54, 1.807) is 43.0 Å². The van der Waals surface area contributed by atoms with Gasteiger partial charge in [0.25, 0.3) is 5.91 Å². The van der Waals surface area contributed by atoms with Crippen LogP contribution in [0.25, 0.3) is 15.8 Å². The topological polar surface area (TPSA) is 127 Å². The summed E-state index contributed by atoms with van der Waals surface area (Å²) in [7, 11) is 0. The van der Waals surface area contributed by atoms with E-state index >= 15 is 0 Å². The Labute approximate surface area is 188 Å². The van der Waals surface area contributed by atoms with E-state index in [2.05, 4.69) is 10.3 Å². The Hall–Kier alpha value is -3.72. The summed E-state index contributed by atoms with van der Waals surface area (Å²) >= 11 is 1.40. The molecule has 0 unspecified atom stereocenters. The van der Waals surface area contributed by atoms with Gasteiger partial charge in [0.05, 0.1) is 22.3 Å². The van der Waals surface area contributed by atoms with Gasteiger partial charge in [-0.3, -0.25) is 10.2 Å². The van der Waals surface area contributed by atoms with E-state index < -0.39 is 17.9 Å². The molecule has 4 N–H and O–H groups in total. The fourth-order valence-electron chi connectivity index (χ4n) is 3.56. The number of carbonyl (C=O) groups is 2. The molecule has 32 heavy (non-hydrogen) atoms. The molecule has 3 aromatic rings. The highest BCUT2D eigenvalue weighted by molar-refractivity contribution is 7.19. The quantitative estimate of drug-likeness (QED) is 0.451. The lowest BCUT2D eigenvalue weighted by molar-refractivity contribution is -0.140. The van der Waals surface area contributed by atoms with Gasteiger partial charge in [-0.25, -0.2) is 9.78 Å². The number of aromatic nitrogens is 1. The zero-order valence-electron chi connectivity index (χ0n) is 17.5. The molecule has 1 atom stereocenters. The van der Waals surface area contributed by atoms with E-state index in [0.29, 0.717) is 16.3 Å². The van der Waals surface area contributed by atoms with Crippen LogP contribution in [0.2, 0.25) is 0 Å². The molecular formula is C23H22N4O4S. The highest BCUT2D eigenvalue weighted by Crippen LogP contribution is 2.35. The van der Waals surface area contributed by atoms with Crippen LogP contribution in [0.15, 0.2) is 54.3 Å². The second kappa shape index (κ2) is 8.43. The zero-order chi connectivity index (χ0) is 23.0. The minimum absolute atomic E-state index is 0.0367. The number of aliphatic carboxylic acids is 1. The molecule has 8 nitrogen and oxygen atoms in total. The number of carbonyl (C=O) groups excluding carboxylic acids is 1. The summed E-state index contributed by atoms with van der Waals surface area (Å²) in [6.07, 6.45) is 0. The molecule has 0 saturated heterocycles. The minimum Gasteiger partial charge on any atom is -0.510 e. The summed E-state index contributed by atoms with van der Waals surface area (Å²) in [4.78, 5) is 30.2. The van der Waals surface area contributed by atoms with Crippen molar-refractivity contribution in [3.05, 3.63) is 64.9 Å². The number of carboxylic acid groups (broad SMARTS) is 1. The maximum atomic E-state index is 12.6. The summed E-state index contributed by atoms with van der Waals surface area (Å²) in [6, 6.07) is 13.2. The van der Waals surface area contributed by atoms with Crippen LogP contribution in [0.1, 0.15) is 29.2 Å². The Morgan fingerprint density at radius 1 is 1.19 bits per heavy atom. The summed E-state index contributed by atoms with van der Waals surface area (Å²) in [5.41, 5.74) is 1.99. The first-order chi connectivity index (χ1) is 15.3. The van der Waals surface area contributed by atoms with Gasteiger partial charge in [-0.2, -0.15) is 0 Å². The monoisotopic (exact) mass is 450 g/mol. The van der Waals surface area contributed by atoms with E-state index in [9.17, 15) is 19.8 Å². The van der Waals surface area contributed by atoms with Gasteiger partial charge < -0.3 is 20.4 Å². The van der Waals surface area contributed by atoms with Crippen LogP contribution < -0.4 is 10.2 Å². The number of rotatable bonds is 6. The third-order valence-electron chi connectivity index (χ3n) is 5.25. The van der Waals surface area contributed by atoms with Crippen LogP contribution in [-0.2, 0) is 4.79 Å². The van der Waals surface area contributed by atoms with Crippen molar-refractivity contribution in [3.8, 4) is 0 Å². The SMILES string of the molecule is CC(C)[C@H](NC(=O)c1cccc(N2CC(O)=C(c3nc4ccccc4s3)C2=N)c1)C(=O)O. The molecule has 0 radical (unpaired) electrons. The second-order valence-electron chi connectivity index (χ2n) is 7.83. The van der Waals surface area contributed by atoms with E-state index in [1.165, 1.54) is 11.3 Å². The van der Waals surface area contributed by atoms with E-state index in [0.717, 1.165) is 10.2 Å². The van der Waals surface area contributed by atoms with Gasteiger partial charge in [-0.15, -0.1) is 11.3 Å². The molecule has 0 fully saturated rings. The fourth-order valence-corrected chi connectivity index (χ4v) is 4.59. The number of hydrogen-bond donors (Lipinski definition) is 4. The lowest BCUT2D eigenvalue weighted by Gasteiger charge is -2.21. The standard InChI is InChI=1S/C23H22N4O4S/c1-12(2)19(23(30)31)26-21(29)13-6-5-7-14(10-13)27-11-16(28)18(20(27)24)22-25-15-8-3-4-9-17(15)32-22/h3-10,12,19,24,28H,11H2,1-2H3,(H,26,29)(H,30,31)/t19-/m0/s1. The van der Waals surface area contributed by atoms with Crippen LogP contribution in [0.5, 0.6) is 0 Å². The first kappa shape index (κ1) is 21.5. The van der Waals surface area contributed by atoms with Crippen molar-refractivity contribution in [2.24, 2.45) is 5.92 Å². The number of amides is 1. The van der Waals surface area contributed by atoms with Crippen LogP contribution >= 0.6 is 11.3 Å². The molecule has 2 aromatic carbocycles. The molecule has 0 aliphatic carbocycles. The zero-order valence-corrected chi connectivity index (χ0v) is 18.3. The number of nitrogens with zero attached hydrogens (tertiary/aromatic N) is 2. The van der Waals surface area contributed by atoms with Crippen molar-refractivity contribution in [1.82, 2.24) is 10.3 Å². The average Bonchev–Trinajstić information content (AvgIpc) is 3.31. The minimum atomic E-state index is -1.10. The number of benzene rings is 2. The summed E-state index contributed by atoms with van der Waals surface area (Å²) in [5, 5.41) is 31.7. The molecule has 4 rings (SSSR count). The molecule has 1 amide bonds. The van der Waals surface area contributed by atoms with Crippen LogP contribution in [0.4, 0.5) is 5.69 Å². The third kappa shape index (κ3) is 3.94. The number of carboxylic acids is 1. The average molecular weight is 451 g/mol. The normalized spacial score (nSPS) is 15.0. The highest BCUT2D eigenvalue weighted by atomic mass is 32.1.